The van der Waals surface area contributed by atoms with Gasteiger partial charge in [0.15, 0.2) is 0 Å². The summed E-state index contributed by atoms with van der Waals surface area (Å²) in [6.07, 6.45) is 13.7. The molecule has 2 heterocycles. The predicted octanol–water partition coefficient (Wildman–Crippen LogP) is 19.8. The normalized spacial score (nSPS) is 14.5. The Labute approximate surface area is 433 Å². The van der Waals surface area contributed by atoms with E-state index in [-0.39, 0.29) is 0 Å². The molecule has 0 atom stereocenters. The zero-order valence-corrected chi connectivity index (χ0v) is 40.8. The maximum atomic E-state index is 9.75. The van der Waals surface area contributed by atoms with E-state index in [1.807, 2.05) is 60.7 Å². The van der Waals surface area contributed by atoms with Crippen LogP contribution in [0.15, 0.2) is 269 Å². The molecule has 1 aliphatic heterocycles. The summed E-state index contributed by atoms with van der Waals surface area (Å²) in [5.74, 6) is 2.38. The Hall–Kier alpha value is -8.66. The molecule has 1 aromatic heterocycles. The first kappa shape index (κ1) is 48.9. The van der Waals surface area contributed by atoms with Crippen molar-refractivity contribution in [1.29, 1.82) is 0 Å². The van der Waals surface area contributed by atoms with E-state index in [1.54, 1.807) is 0 Å². The van der Waals surface area contributed by atoms with Crippen molar-refractivity contribution in [2.75, 3.05) is 9.80 Å². The fourth-order valence-corrected chi connectivity index (χ4v) is 9.55. The summed E-state index contributed by atoms with van der Waals surface area (Å²) in [4.78, 5) is 4.52. The van der Waals surface area contributed by atoms with E-state index in [1.165, 1.54) is 0 Å². The molecule has 8 aromatic carbocycles. The highest BCUT2D eigenvalue weighted by atomic mass is 35.5. The standard InChI is InChI=1S/C64H48ClN2O2.BF4/c65-64-48(34-36-50-42-60(46-20-7-1-8-21-46)68-62-44-56(38-40-58(50)62)66(52-26-11-3-12-27-52)53-28-13-4-14-29-53)24-19-25-49(64)35-37-51-43-61(47-22-9-2-10-23-47)69-63-45-57(39-41-59(51)63)67(54-30-15-5-16-31-54)55-32-17-6-18-33-55;2-1(3,4)5/h1-18,20-23,26-45H,19,24-25H2;/q+1;-1. The second-order valence-electron chi connectivity index (χ2n) is 17.6. The summed E-state index contributed by atoms with van der Waals surface area (Å²) in [6.45, 7) is 0. The van der Waals surface area contributed by atoms with Gasteiger partial charge in [-0.05, 0) is 127 Å². The van der Waals surface area contributed by atoms with E-state index >= 15 is 0 Å². The third kappa shape index (κ3) is 11.7. The second kappa shape index (κ2) is 22.4. The molecule has 0 amide bonds. The minimum Gasteiger partial charge on any atom is -0.456 e. The van der Waals surface area contributed by atoms with Gasteiger partial charge in [-0.15, -0.1) is 0 Å². The maximum Gasteiger partial charge on any atom is 0.673 e. The van der Waals surface area contributed by atoms with Crippen LogP contribution in [0.1, 0.15) is 36.0 Å². The van der Waals surface area contributed by atoms with Crippen LogP contribution < -0.4 is 14.5 Å². The average molecular weight is 999 g/mol. The average Bonchev–Trinajstić information content (AvgIpc) is 3.43. The molecule has 74 heavy (non-hydrogen) atoms. The van der Waals surface area contributed by atoms with Crippen LogP contribution in [0.3, 0.4) is 0 Å². The lowest BCUT2D eigenvalue weighted by atomic mass is 9.92. The van der Waals surface area contributed by atoms with Crippen LogP contribution in [-0.2, 0) is 0 Å². The lowest BCUT2D eigenvalue weighted by Gasteiger charge is -2.28. The predicted molar refractivity (Wildman–Crippen MR) is 299 cm³/mol. The first-order valence-electron chi connectivity index (χ1n) is 24.3. The molecule has 0 spiro atoms. The Bertz CT molecular complexity index is 3470. The van der Waals surface area contributed by atoms with Crippen LogP contribution in [-0.4, -0.2) is 7.25 Å². The van der Waals surface area contributed by atoms with Crippen LogP contribution in [0.2, 0.25) is 0 Å². The number of benzene rings is 8. The van der Waals surface area contributed by atoms with Gasteiger partial charge in [0, 0.05) is 56.2 Å². The molecule has 0 N–H and O–H groups in total. The van der Waals surface area contributed by atoms with Gasteiger partial charge in [0.1, 0.15) is 11.5 Å². The Balaban J connectivity index is 0.00000120. The first-order chi connectivity index (χ1) is 36.1. The van der Waals surface area contributed by atoms with Gasteiger partial charge in [-0.25, -0.2) is 4.42 Å². The van der Waals surface area contributed by atoms with Crippen molar-refractivity contribution in [3.63, 3.8) is 0 Å². The van der Waals surface area contributed by atoms with Crippen LogP contribution in [0.25, 0.3) is 39.7 Å². The van der Waals surface area contributed by atoms with Crippen molar-refractivity contribution in [2.45, 2.75) is 19.3 Å². The molecule has 4 nitrogen and oxygen atoms in total. The van der Waals surface area contributed by atoms with Crippen molar-refractivity contribution in [3.8, 4) is 17.1 Å². The number of hydrogen-bond donors (Lipinski definition) is 0. The minimum atomic E-state index is -6.00. The lowest BCUT2D eigenvalue weighted by molar-refractivity contribution is 0.368. The van der Waals surface area contributed by atoms with E-state index < -0.39 is 7.25 Å². The Morgan fingerprint density at radius 2 is 0.986 bits per heavy atom. The molecule has 0 fully saturated rings. The second-order valence-corrected chi connectivity index (χ2v) is 18.0. The van der Waals surface area contributed by atoms with Crippen LogP contribution in [0.4, 0.5) is 51.4 Å². The van der Waals surface area contributed by atoms with Crippen molar-refractivity contribution >= 4 is 81.4 Å². The zero-order valence-electron chi connectivity index (χ0n) is 40.0. The van der Waals surface area contributed by atoms with Gasteiger partial charge in [0.25, 0.3) is 0 Å². The highest BCUT2D eigenvalue weighted by molar-refractivity contribution is 6.50. The van der Waals surface area contributed by atoms with E-state index in [0.29, 0.717) is 0 Å². The van der Waals surface area contributed by atoms with Gasteiger partial charge >= 0.3 is 18.6 Å². The molecule has 10 heteroatoms. The smallest absolute Gasteiger partial charge is 0.456 e. The summed E-state index contributed by atoms with van der Waals surface area (Å²) in [7, 11) is -6.00. The number of halogens is 5. The fraction of sp³-hybridized carbons (Fsp3) is 0.0469. The van der Waals surface area contributed by atoms with Gasteiger partial charge in [0.05, 0.1) is 28.8 Å². The fourth-order valence-electron chi connectivity index (χ4n) is 9.24. The number of rotatable bonds is 11. The molecule has 0 bridgehead atoms. The summed E-state index contributed by atoms with van der Waals surface area (Å²) in [5.41, 5.74) is 14.4. The monoisotopic (exact) mass is 998 g/mol. The van der Waals surface area contributed by atoms with Gasteiger partial charge in [0.2, 0.25) is 0 Å². The van der Waals surface area contributed by atoms with Crippen molar-refractivity contribution in [1.82, 2.24) is 0 Å². The van der Waals surface area contributed by atoms with Gasteiger partial charge in [-0.2, -0.15) is 0 Å². The molecule has 11 rings (SSSR count). The van der Waals surface area contributed by atoms with E-state index in [9.17, 15) is 17.3 Å². The topological polar surface area (TPSA) is 27.0 Å². The summed E-state index contributed by atoms with van der Waals surface area (Å²) >= 11 is 7.41. The summed E-state index contributed by atoms with van der Waals surface area (Å²) < 4.78 is 52.5. The number of allylic oxidation sites excluding steroid dienone is 8. The lowest BCUT2D eigenvalue weighted by Crippen LogP contribution is -2.11. The third-order valence-electron chi connectivity index (χ3n) is 12.6. The highest BCUT2D eigenvalue weighted by Gasteiger charge is 2.24. The third-order valence-corrected chi connectivity index (χ3v) is 13.1. The van der Waals surface area contributed by atoms with Crippen molar-refractivity contribution < 1.29 is 26.4 Å². The Morgan fingerprint density at radius 3 is 1.53 bits per heavy atom. The SMILES string of the molecule is ClC1=C(/C=C/c2cc(-c3ccccc3)[o+]c3cc(N(c4ccccc4)c4ccccc4)ccc23)CCC/C1=C\C=C1/C=C(c2ccccc2)Oc2cc(N(c3ccccc3)c3ccccc3)ccc21.F[B-](F)(F)F. The van der Waals surface area contributed by atoms with Gasteiger partial charge < -0.3 is 31.8 Å². The van der Waals surface area contributed by atoms with E-state index in [2.05, 4.69) is 204 Å². The number of hydrogen-bond acceptors (Lipinski definition) is 3. The van der Waals surface area contributed by atoms with Gasteiger partial charge in [-0.1, -0.05) is 157 Å². The minimum absolute atomic E-state index is 0.793. The van der Waals surface area contributed by atoms with Crippen molar-refractivity contribution in [3.05, 3.63) is 282 Å². The highest BCUT2D eigenvalue weighted by Crippen LogP contribution is 2.44. The molecule has 2 aliphatic rings. The maximum absolute atomic E-state index is 9.75. The number of ether oxygens (including phenoxy) is 1. The molecule has 0 unspecified atom stereocenters. The molecular weight excluding hydrogens is 951 g/mol. The molecule has 0 saturated carbocycles. The number of para-hydroxylation sites is 4. The van der Waals surface area contributed by atoms with Crippen LogP contribution >= 0.6 is 11.6 Å². The van der Waals surface area contributed by atoms with Crippen LogP contribution in [0.5, 0.6) is 5.75 Å². The summed E-state index contributed by atoms with van der Waals surface area (Å²) in [5, 5.41) is 1.81. The first-order valence-corrected chi connectivity index (χ1v) is 24.7. The van der Waals surface area contributed by atoms with E-state index in [0.717, 1.165) is 126 Å². The molecule has 1 aliphatic carbocycles. The molecular formula is C64H48BClF4N2O2. The van der Waals surface area contributed by atoms with Gasteiger partial charge in [-0.3, -0.25) is 0 Å². The van der Waals surface area contributed by atoms with E-state index in [4.69, 9.17) is 20.8 Å². The number of nitrogens with zero attached hydrogens (tertiary/aromatic N) is 2. The Morgan fingerprint density at radius 1 is 0.500 bits per heavy atom. The number of fused-ring (bicyclic) bond motifs is 2. The molecule has 0 radical (unpaired) electrons. The largest absolute Gasteiger partial charge is 0.673 e. The Kier molecular flexibility index (Phi) is 14.8. The van der Waals surface area contributed by atoms with Crippen molar-refractivity contribution in [2.24, 2.45) is 0 Å². The quantitative estimate of drug-likeness (QED) is 0.0733. The van der Waals surface area contributed by atoms with Crippen LogP contribution in [0, 0.1) is 0 Å². The molecule has 364 valence electrons. The molecule has 9 aromatic rings. The molecule has 0 saturated heterocycles. The zero-order chi connectivity index (χ0) is 50.9. The summed E-state index contributed by atoms with van der Waals surface area (Å²) in [6, 6.07) is 77.5. The number of anilines is 6.